The number of halogens is 1. The summed E-state index contributed by atoms with van der Waals surface area (Å²) in [5.74, 6) is -0.212. The molecule has 0 spiro atoms. The van der Waals surface area contributed by atoms with Crippen molar-refractivity contribution in [1.29, 1.82) is 0 Å². The fourth-order valence-electron chi connectivity index (χ4n) is 3.52. The topological polar surface area (TPSA) is 70.1 Å². The first-order chi connectivity index (χ1) is 13.5. The second kappa shape index (κ2) is 9.08. The average molecular weight is 401 g/mol. The highest BCUT2D eigenvalue weighted by atomic mass is 35.5. The zero-order valence-electron chi connectivity index (χ0n) is 16.1. The van der Waals surface area contributed by atoms with Crippen LogP contribution in [-0.4, -0.2) is 40.0 Å². The Kier molecular flexibility index (Phi) is 6.54. The van der Waals surface area contributed by atoms with Crippen molar-refractivity contribution in [2.75, 3.05) is 19.6 Å². The predicted octanol–water partition coefficient (Wildman–Crippen LogP) is 3.18. The van der Waals surface area contributed by atoms with E-state index in [1.807, 2.05) is 48.5 Å². The molecule has 0 saturated heterocycles. The van der Waals surface area contributed by atoms with Crippen molar-refractivity contribution in [2.45, 2.75) is 26.4 Å². The Balaban J connectivity index is 1.75. The van der Waals surface area contributed by atoms with Gasteiger partial charge in [0.25, 0.3) is 0 Å². The van der Waals surface area contributed by atoms with Gasteiger partial charge >= 0.3 is 5.69 Å². The van der Waals surface area contributed by atoms with E-state index in [0.29, 0.717) is 17.1 Å². The number of likely N-dealkylation sites (N-methyl/N-ethyl adjacent to an activating group) is 1. The van der Waals surface area contributed by atoms with E-state index in [4.69, 9.17) is 11.6 Å². The largest absolute Gasteiger partial charge is 0.353 e. The monoisotopic (exact) mass is 400 g/mol. The van der Waals surface area contributed by atoms with Crippen molar-refractivity contribution in [2.24, 2.45) is 0 Å². The van der Waals surface area contributed by atoms with Crippen molar-refractivity contribution in [3.05, 3.63) is 69.6 Å². The molecule has 1 heterocycles. The van der Waals surface area contributed by atoms with E-state index >= 15 is 0 Å². The van der Waals surface area contributed by atoms with Gasteiger partial charge in [-0.1, -0.05) is 55.8 Å². The molecule has 0 fully saturated rings. The summed E-state index contributed by atoms with van der Waals surface area (Å²) in [6.45, 7) is 6.23. The molecule has 1 atom stereocenters. The first-order valence-electron chi connectivity index (χ1n) is 9.47. The number of carbonyl (C=O) groups is 1. The molecule has 0 aliphatic carbocycles. The highest BCUT2D eigenvalue weighted by Crippen LogP contribution is 2.27. The first-order valence-corrected chi connectivity index (χ1v) is 9.85. The Morgan fingerprint density at radius 2 is 1.82 bits per heavy atom. The molecule has 28 heavy (non-hydrogen) atoms. The van der Waals surface area contributed by atoms with Crippen LogP contribution in [0.1, 0.15) is 25.5 Å². The highest BCUT2D eigenvalue weighted by molar-refractivity contribution is 6.31. The van der Waals surface area contributed by atoms with Crippen molar-refractivity contribution in [1.82, 2.24) is 19.8 Å². The van der Waals surface area contributed by atoms with Crippen LogP contribution in [0.5, 0.6) is 0 Å². The van der Waals surface area contributed by atoms with E-state index in [1.54, 1.807) is 0 Å². The molecule has 148 valence electrons. The number of hydrogen-bond acceptors (Lipinski definition) is 3. The van der Waals surface area contributed by atoms with E-state index in [9.17, 15) is 9.59 Å². The Bertz CT molecular complexity index is 1010. The number of nitrogens with one attached hydrogen (secondary N) is 2. The molecule has 6 nitrogen and oxygen atoms in total. The second-order valence-electron chi connectivity index (χ2n) is 6.60. The summed E-state index contributed by atoms with van der Waals surface area (Å²) in [6, 6.07) is 15.0. The maximum Gasteiger partial charge on any atom is 0.326 e. The van der Waals surface area contributed by atoms with Gasteiger partial charge in [-0.3, -0.25) is 14.3 Å². The highest BCUT2D eigenvalue weighted by Gasteiger charge is 2.21. The van der Waals surface area contributed by atoms with Gasteiger partial charge in [0.05, 0.1) is 17.1 Å². The zero-order chi connectivity index (χ0) is 20.1. The summed E-state index contributed by atoms with van der Waals surface area (Å²) in [5.41, 5.74) is 2.13. The van der Waals surface area contributed by atoms with Crippen LogP contribution in [0, 0.1) is 0 Å². The lowest BCUT2D eigenvalue weighted by molar-refractivity contribution is -0.121. The minimum absolute atomic E-state index is 0.0314. The number of fused-ring (bicyclic) bond motifs is 1. The van der Waals surface area contributed by atoms with E-state index in [2.05, 4.69) is 29.0 Å². The number of hydrogen-bond donors (Lipinski definition) is 2. The van der Waals surface area contributed by atoms with Gasteiger partial charge in [0.15, 0.2) is 0 Å². The standard InChI is InChI=1S/C21H25ClN4O2/c1-3-25(4-2)19(15-9-5-6-10-16(15)22)13-23-20(27)14-26-18-12-8-7-11-17(18)24-21(26)28/h5-12,19H,3-4,13-14H2,1-2H3,(H,23,27)(H,24,28). The molecule has 0 radical (unpaired) electrons. The zero-order valence-corrected chi connectivity index (χ0v) is 16.9. The third-order valence-electron chi connectivity index (χ3n) is 4.99. The van der Waals surface area contributed by atoms with Crippen LogP contribution in [0.15, 0.2) is 53.3 Å². The number of aromatic nitrogens is 2. The summed E-state index contributed by atoms with van der Waals surface area (Å²) < 4.78 is 1.45. The van der Waals surface area contributed by atoms with Crippen LogP contribution < -0.4 is 11.0 Å². The predicted molar refractivity (Wildman–Crippen MR) is 113 cm³/mol. The SMILES string of the molecule is CCN(CC)C(CNC(=O)Cn1c(=O)[nH]c2ccccc21)c1ccccc1Cl. The number of imidazole rings is 1. The number of amides is 1. The lowest BCUT2D eigenvalue weighted by Gasteiger charge is -2.31. The van der Waals surface area contributed by atoms with Gasteiger partial charge in [-0.15, -0.1) is 0 Å². The summed E-state index contributed by atoms with van der Waals surface area (Å²) in [5, 5.41) is 3.66. The molecule has 0 saturated carbocycles. The summed E-state index contributed by atoms with van der Waals surface area (Å²) in [6.07, 6.45) is 0. The summed E-state index contributed by atoms with van der Waals surface area (Å²) >= 11 is 6.40. The molecule has 2 aromatic carbocycles. The lowest BCUT2D eigenvalue weighted by atomic mass is 10.0. The van der Waals surface area contributed by atoms with Crippen LogP contribution >= 0.6 is 11.6 Å². The smallest absolute Gasteiger partial charge is 0.326 e. The maximum atomic E-state index is 12.6. The molecule has 3 rings (SSSR count). The molecule has 0 aliphatic rings. The Morgan fingerprint density at radius 3 is 2.54 bits per heavy atom. The van der Waals surface area contributed by atoms with E-state index in [-0.39, 0.29) is 24.2 Å². The molecule has 7 heteroatoms. The fraction of sp³-hybridized carbons (Fsp3) is 0.333. The van der Waals surface area contributed by atoms with E-state index in [1.165, 1.54) is 4.57 Å². The van der Waals surface area contributed by atoms with Crippen molar-refractivity contribution >= 4 is 28.5 Å². The average Bonchev–Trinajstić information content (AvgIpc) is 3.01. The van der Waals surface area contributed by atoms with Gasteiger partial charge in [-0.2, -0.15) is 0 Å². The van der Waals surface area contributed by atoms with Crippen molar-refractivity contribution in [3.63, 3.8) is 0 Å². The van der Waals surface area contributed by atoms with Crippen LogP contribution in [0.25, 0.3) is 11.0 Å². The van der Waals surface area contributed by atoms with Gasteiger partial charge in [-0.05, 0) is 36.9 Å². The van der Waals surface area contributed by atoms with Crippen molar-refractivity contribution < 1.29 is 4.79 Å². The van der Waals surface area contributed by atoms with Gasteiger partial charge in [-0.25, -0.2) is 4.79 Å². The molecule has 0 aliphatic heterocycles. The van der Waals surface area contributed by atoms with Gasteiger partial charge < -0.3 is 10.3 Å². The van der Waals surface area contributed by atoms with Crippen LogP contribution in [-0.2, 0) is 11.3 Å². The number of carbonyl (C=O) groups excluding carboxylic acids is 1. The molecule has 1 unspecified atom stereocenters. The van der Waals surface area contributed by atoms with Gasteiger partial charge in [0.2, 0.25) is 5.91 Å². The number of nitrogens with zero attached hydrogens (tertiary/aromatic N) is 2. The minimum atomic E-state index is -0.289. The normalized spacial score (nSPS) is 12.4. The summed E-state index contributed by atoms with van der Waals surface area (Å²) in [7, 11) is 0. The minimum Gasteiger partial charge on any atom is -0.353 e. The summed E-state index contributed by atoms with van der Waals surface area (Å²) in [4.78, 5) is 29.8. The lowest BCUT2D eigenvalue weighted by Crippen LogP contribution is -2.40. The van der Waals surface area contributed by atoms with Crippen LogP contribution in [0.3, 0.4) is 0 Å². The van der Waals surface area contributed by atoms with E-state index in [0.717, 1.165) is 24.2 Å². The maximum absolute atomic E-state index is 12.6. The van der Waals surface area contributed by atoms with Crippen LogP contribution in [0.4, 0.5) is 0 Å². The number of rotatable bonds is 8. The molecule has 2 N–H and O–H groups in total. The van der Waals surface area contributed by atoms with Gasteiger partial charge in [0.1, 0.15) is 6.54 Å². The molecule has 1 aromatic heterocycles. The van der Waals surface area contributed by atoms with Gasteiger partial charge in [0, 0.05) is 11.6 Å². The number of aromatic amines is 1. The molecular weight excluding hydrogens is 376 g/mol. The molecule has 1 amide bonds. The second-order valence-corrected chi connectivity index (χ2v) is 7.00. The Morgan fingerprint density at radius 1 is 1.14 bits per heavy atom. The molecule has 0 bridgehead atoms. The van der Waals surface area contributed by atoms with Crippen LogP contribution in [0.2, 0.25) is 5.02 Å². The quantitative estimate of drug-likeness (QED) is 0.610. The first kappa shape index (κ1) is 20.2. The number of para-hydroxylation sites is 2. The number of benzene rings is 2. The Hall–Kier alpha value is -2.57. The molecule has 3 aromatic rings. The third-order valence-corrected chi connectivity index (χ3v) is 5.34. The molecular formula is C21H25ClN4O2. The fourth-order valence-corrected chi connectivity index (χ4v) is 3.78. The number of H-pyrrole nitrogens is 1. The van der Waals surface area contributed by atoms with Crippen molar-refractivity contribution in [3.8, 4) is 0 Å². The third kappa shape index (κ3) is 4.29. The van der Waals surface area contributed by atoms with E-state index < -0.39 is 0 Å². The Labute approximate surface area is 169 Å².